The van der Waals surface area contributed by atoms with E-state index in [1.54, 1.807) is 0 Å². The summed E-state index contributed by atoms with van der Waals surface area (Å²) in [7, 11) is 4.21. The van der Waals surface area contributed by atoms with Crippen molar-refractivity contribution in [3.8, 4) is 0 Å². The van der Waals surface area contributed by atoms with Gasteiger partial charge in [-0.2, -0.15) is 0 Å². The van der Waals surface area contributed by atoms with Crippen molar-refractivity contribution >= 4 is 0 Å². The lowest BCUT2D eigenvalue weighted by Crippen LogP contribution is -2.14. The Balaban J connectivity index is 3.04. The van der Waals surface area contributed by atoms with Gasteiger partial charge in [0.2, 0.25) is 0 Å². The molecule has 0 bridgehead atoms. The average Bonchev–Trinajstić information content (AvgIpc) is 2.60. The van der Waals surface area contributed by atoms with Crippen molar-refractivity contribution in [1.82, 2.24) is 4.90 Å². The molecule has 0 atom stereocenters. The first-order valence-corrected chi connectivity index (χ1v) is 11.2. The Bertz CT molecular complexity index is 263. The molecular formula is C23H47NO. The second kappa shape index (κ2) is 21.5. The van der Waals surface area contributed by atoms with Crippen molar-refractivity contribution in [2.24, 2.45) is 0 Å². The molecule has 0 aromatic rings. The summed E-state index contributed by atoms with van der Waals surface area (Å²) in [4.78, 5) is 2.20. The summed E-state index contributed by atoms with van der Waals surface area (Å²) in [5.74, 6) is 0. The van der Waals surface area contributed by atoms with E-state index in [4.69, 9.17) is 4.74 Å². The first-order valence-electron chi connectivity index (χ1n) is 11.2. The van der Waals surface area contributed by atoms with Crippen LogP contribution in [-0.2, 0) is 4.74 Å². The van der Waals surface area contributed by atoms with Crippen LogP contribution in [0.15, 0.2) is 12.3 Å². The highest BCUT2D eigenvalue weighted by Crippen LogP contribution is 2.13. The minimum absolute atomic E-state index is 0.841. The number of hydrogen-bond acceptors (Lipinski definition) is 2. The van der Waals surface area contributed by atoms with E-state index in [2.05, 4.69) is 32.0 Å². The Morgan fingerprint density at radius 2 is 1.12 bits per heavy atom. The zero-order valence-corrected chi connectivity index (χ0v) is 17.7. The fourth-order valence-electron chi connectivity index (χ4n) is 3.12. The molecule has 0 aliphatic carbocycles. The molecule has 150 valence electrons. The molecule has 0 aliphatic rings. The first-order chi connectivity index (χ1) is 12.3. The lowest BCUT2D eigenvalue weighted by molar-refractivity contribution is 0.227. The summed E-state index contributed by atoms with van der Waals surface area (Å²) in [5, 5.41) is 0. The number of hydrogen-bond donors (Lipinski definition) is 0. The predicted molar refractivity (Wildman–Crippen MR) is 113 cm³/mol. The molecule has 0 rings (SSSR count). The zero-order chi connectivity index (χ0) is 18.4. The van der Waals surface area contributed by atoms with Gasteiger partial charge in [-0.05, 0) is 39.4 Å². The Hall–Kier alpha value is -0.500. The molecule has 0 aromatic heterocycles. The smallest absolute Gasteiger partial charge is 0.0885 e. The van der Waals surface area contributed by atoms with Gasteiger partial charge >= 0.3 is 0 Å². The summed E-state index contributed by atoms with van der Waals surface area (Å²) in [6.45, 7) is 4.24. The van der Waals surface area contributed by atoms with Gasteiger partial charge < -0.3 is 9.64 Å². The van der Waals surface area contributed by atoms with Crippen LogP contribution in [0.5, 0.6) is 0 Å². The fraction of sp³-hybridized carbons (Fsp3) is 0.913. The Kier molecular flexibility index (Phi) is 21.1. The van der Waals surface area contributed by atoms with E-state index < -0.39 is 0 Å². The van der Waals surface area contributed by atoms with E-state index in [9.17, 15) is 0 Å². The van der Waals surface area contributed by atoms with E-state index in [1.165, 1.54) is 96.3 Å². The maximum Gasteiger partial charge on any atom is 0.0885 e. The normalized spacial score (nSPS) is 11.7. The van der Waals surface area contributed by atoms with Crippen molar-refractivity contribution in [3.05, 3.63) is 12.3 Å². The number of rotatable bonds is 20. The van der Waals surface area contributed by atoms with Crippen LogP contribution >= 0.6 is 0 Å². The van der Waals surface area contributed by atoms with Crippen LogP contribution in [0.25, 0.3) is 0 Å². The van der Waals surface area contributed by atoms with Crippen molar-refractivity contribution in [3.63, 3.8) is 0 Å². The van der Waals surface area contributed by atoms with Gasteiger partial charge in [0.1, 0.15) is 0 Å². The monoisotopic (exact) mass is 353 g/mol. The summed E-state index contributed by atoms with van der Waals surface area (Å²) >= 11 is 0. The van der Waals surface area contributed by atoms with Crippen molar-refractivity contribution in [2.75, 3.05) is 27.2 Å². The minimum atomic E-state index is 0.841. The second-order valence-electron chi connectivity index (χ2n) is 7.78. The van der Waals surface area contributed by atoms with Gasteiger partial charge in [0, 0.05) is 6.54 Å². The van der Waals surface area contributed by atoms with E-state index in [-0.39, 0.29) is 0 Å². The Morgan fingerprint density at radius 1 is 0.640 bits per heavy atom. The largest absolute Gasteiger partial charge is 0.501 e. The SMILES string of the molecule is CCCCCCCCCCCCCCCCC=COCCCN(C)C. The number of allylic oxidation sites excluding steroid dienone is 1. The van der Waals surface area contributed by atoms with Crippen LogP contribution in [0.2, 0.25) is 0 Å². The summed E-state index contributed by atoms with van der Waals surface area (Å²) < 4.78 is 5.50. The highest BCUT2D eigenvalue weighted by molar-refractivity contribution is 4.73. The fourth-order valence-corrected chi connectivity index (χ4v) is 3.12. The molecule has 2 nitrogen and oxygen atoms in total. The Labute approximate surface area is 159 Å². The molecular weight excluding hydrogens is 306 g/mol. The molecule has 0 aromatic carbocycles. The van der Waals surface area contributed by atoms with Gasteiger partial charge in [0.25, 0.3) is 0 Å². The minimum Gasteiger partial charge on any atom is -0.501 e. The van der Waals surface area contributed by atoms with Gasteiger partial charge in [-0.3, -0.25) is 0 Å². The van der Waals surface area contributed by atoms with Crippen LogP contribution < -0.4 is 0 Å². The molecule has 0 amide bonds. The lowest BCUT2D eigenvalue weighted by atomic mass is 10.0. The summed E-state index contributed by atoms with van der Waals surface area (Å²) in [6.07, 6.45) is 26.4. The van der Waals surface area contributed by atoms with E-state index >= 15 is 0 Å². The molecule has 0 radical (unpaired) electrons. The third kappa shape index (κ3) is 23.5. The van der Waals surface area contributed by atoms with Gasteiger partial charge in [-0.15, -0.1) is 0 Å². The van der Waals surface area contributed by atoms with Crippen molar-refractivity contribution < 1.29 is 4.74 Å². The predicted octanol–water partition coefficient (Wildman–Crippen LogP) is 7.34. The van der Waals surface area contributed by atoms with E-state index in [0.717, 1.165) is 19.6 Å². The molecule has 2 heteroatoms. The maximum absolute atomic E-state index is 5.50. The molecule has 0 saturated heterocycles. The number of ether oxygens (including phenoxy) is 1. The van der Waals surface area contributed by atoms with Gasteiger partial charge in [-0.1, -0.05) is 90.4 Å². The van der Waals surface area contributed by atoms with Crippen LogP contribution in [0, 0.1) is 0 Å². The van der Waals surface area contributed by atoms with Crippen LogP contribution in [0.1, 0.15) is 110 Å². The average molecular weight is 354 g/mol. The quantitative estimate of drug-likeness (QED) is 0.168. The third-order valence-corrected chi connectivity index (χ3v) is 4.78. The topological polar surface area (TPSA) is 12.5 Å². The van der Waals surface area contributed by atoms with Crippen LogP contribution in [0.3, 0.4) is 0 Å². The number of nitrogens with zero attached hydrogens (tertiary/aromatic N) is 1. The van der Waals surface area contributed by atoms with Crippen LogP contribution in [-0.4, -0.2) is 32.1 Å². The summed E-state index contributed by atoms with van der Waals surface area (Å²) in [5.41, 5.74) is 0. The highest BCUT2D eigenvalue weighted by atomic mass is 16.5. The molecule has 0 fully saturated rings. The standard InChI is InChI=1S/C23H47NO/c1-4-5-6-7-8-9-10-11-12-13-14-15-16-17-18-19-22-25-23-20-21-24(2)3/h19,22H,4-18,20-21,23H2,1-3H3. The molecule has 0 N–H and O–H groups in total. The highest BCUT2D eigenvalue weighted by Gasteiger charge is 1.94. The molecule has 0 unspecified atom stereocenters. The molecule has 0 spiro atoms. The second-order valence-corrected chi connectivity index (χ2v) is 7.78. The van der Waals surface area contributed by atoms with Crippen molar-refractivity contribution in [1.29, 1.82) is 0 Å². The Morgan fingerprint density at radius 3 is 1.60 bits per heavy atom. The van der Waals surface area contributed by atoms with Crippen LogP contribution in [0.4, 0.5) is 0 Å². The number of unbranched alkanes of at least 4 members (excludes halogenated alkanes) is 14. The zero-order valence-electron chi connectivity index (χ0n) is 17.7. The maximum atomic E-state index is 5.50. The van der Waals surface area contributed by atoms with Gasteiger partial charge in [-0.25, -0.2) is 0 Å². The van der Waals surface area contributed by atoms with E-state index in [1.807, 2.05) is 6.26 Å². The van der Waals surface area contributed by atoms with Gasteiger partial charge in [0.05, 0.1) is 12.9 Å². The summed E-state index contributed by atoms with van der Waals surface area (Å²) in [6, 6.07) is 0. The van der Waals surface area contributed by atoms with Gasteiger partial charge in [0.15, 0.2) is 0 Å². The van der Waals surface area contributed by atoms with Crippen molar-refractivity contribution in [2.45, 2.75) is 110 Å². The third-order valence-electron chi connectivity index (χ3n) is 4.78. The lowest BCUT2D eigenvalue weighted by Gasteiger charge is -2.08. The molecule has 0 heterocycles. The molecule has 0 aliphatic heterocycles. The molecule has 0 saturated carbocycles. The van der Waals surface area contributed by atoms with E-state index in [0.29, 0.717) is 0 Å². The first kappa shape index (κ1) is 24.5. The molecule has 25 heavy (non-hydrogen) atoms.